The molecule has 2 N–H and O–H groups in total. The van der Waals surface area contributed by atoms with Gasteiger partial charge >= 0.3 is 5.00 Å². The van der Waals surface area contributed by atoms with Gasteiger partial charge in [-0.15, -0.1) is 0 Å². The van der Waals surface area contributed by atoms with Gasteiger partial charge in [-0.3, -0.25) is 10.1 Å². The molecule has 4 nitrogen and oxygen atoms in total. The third-order valence-corrected chi connectivity index (χ3v) is 4.23. The van der Waals surface area contributed by atoms with E-state index < -0.39 is 0 Å². The highest BCUT2D eigenvalue weighted by Crippen LogP contribution is 2.35. The Balaban J connectivity index is 2.07. The smallest absolute Gasteiger partial charge is 0.324 e. The summed E-state index contributed by atoms with van der Waals surface area (Å²) in [6.07, 6.45) is 6.10. The molecule has 0 bridgehead atoms. The molecule has 1 atom stereocenters. The third kappa shape index (κ3) is 2.41. The normalized spacial score (nSPS) is 19.6. The van der Waals surface area contributed by atoms with Gasteiger partial charge in [0.25, 0.3) is 0 Å². The number of nitrogens with two attached hydrogens (primary N) is 1. The van der Waals surface area contributed by atoms with Gasteiger partial charge in [0.15, 0.2) is 0 Å². The zero-order valence-corrected chi connectivity index (χ0v) is 9.91. The maximum absolute atomic E-state index is 10.6. The van der Waals surface area contributed by atoms with Gasteiger partial charge in [-0.1, -0.05) is 30.6 Å². The average Bonchev–Trinajstić information content (AvgIpc) is 2.78. The van der Waals surface area contributed by atoms with Crippen LogP contribution in [0.3, 0.4) is 0 Å². The topological polar surface area (TPSA) is 69.2 Å². The van der Waals surface area contributed by atoms with E-state index in [-0.39, 0.29) is 16.0 Å². The number of thiophene rings is 1. The zero-order valence-electron chi connectivity index (χ0n) is 9.09. The fourth-order valence-electron chi connectivity index (χ4n) is 2.38. The van der Waals surface area contributed by atoms with Crippen LogP contribution in [0.25, 0.3) is 0 Å². The molecule has 0 amide bonds. The number of hydrogen-bond acceptors (Lipinski definition) is 4. The van der Waals surface area contributed by atoms with Gasteiger partial charge in [0.05, 0.1) is 4.92 Å². The van der Waals surface area contributed by atoms with Crippen LogP contribution in [-0.4, -0.2) is 4.92 Å². The first-order chi connectivity index (χ1) is 7.68. The van der Waals surface area contributed by atoms with E-state index in [4.69, 9.17) is 5.73 Å². The maximum Gasteiger partial charge on any atom is 0.324 e. The number of nitrogens with zero attached hydrogens (tertiary/aromatic N) is 1. The second kappa shape index (κ2) is 4.93. The van der Waals surface area contributed by atoms with Crippen LogP contribution >= 0.6 is 11.3 Å². The Labute approximate surface area is 98.6 Å². The fraction of sp³-hybridized carbons (Fsp3) is 0.636. The van der Waals surface area contributed by atoms with Crippen LogP contribution in [0.15, 0.2) is 11.4 Å². The van der Waals surface area contributed by atoms with Gasteiger partial charge < -0.3 is 5.73 Å². The van der Waals surface area contributed by atoms with Crippen molar-refractivity contribution in [3.63, 3.8) is 0 Å². The van der Waals surface area contributed by atoms with Crippen molar-refractivity contribution in [1.29, 1.82) is 0 Å². The standard InChI is InChI=1S/C11H16N2O2S/c12-11(8-4-2-1-3-5-8)9-6-10(13(14)15)16-7-9/h6-8,11H,1-5,12H2/t11-/m0/s1. The summed E-state index contributed by atoms with van der Waals surface area (Å²) in [7, 11) is 0. The quantitative estimate of drug-likeness (QED) is 0.651. The van der Waals surface area contributed by atoms with Crippen LogP contribution < -0.4 is 5.73 Å². The molecule has 1 saturated carbocycles. The van der Waals surface area contributed by atoms with Crippen LogP contribution in [0.4, 0.5) is 5.00 Å². The van der Waals surface area contributed by atoms with E-state index >= 15 is 0 Å². The van der Waals surface area contributed by atoms with E-state index in [1.807, 2.05) is 5.38 Å². The fourth-order valence-corrected chi connectivity index (χ4v) is 3.15. The van der Waals surface area contributed by atoms with Gasteiger partial charge in [0.1, 0.15) is 0 Å². The van der Waals surface area contributed by atoms with E-state index in [1.165, 1.54) is 30.6 Å². The summed E-state index contributed by atoms with van der Waals surface area (Å²) in [5, 5.41) is 12.6. The van der Waals surface area contributed by atoms with Crippen LogP contribution in [0.1, 0.15) is 43.7 Å². The lowest BCUT2D eigenvalue weighted by atomic mass is 9.82. The van der Waals surface area contributed by atoms with Gasteiger partial charge in [-0.05, 0) is 24.3 Å². The van der Waals surface area contributed by atoms with E-state index in [0.29, 0.717) is 5.92 Å². The molecule has 0 unspecified atom stereocenters. The van der Waals surface area contributed by atoms with Crippen LogP contribution in [0, 0.1) is 16.0 Å². The molecule has 0 aromatic carbocycles. The van der Waals surface area contributed by atoms with Crippen molar-refractivity contribution in [2.75, 3.05) is 0 Å². The largest absolute Gasteiger partial charge is 0.324 e. The molecule has 1 aromatic rings. The Kier molecular flexibility index (Phi) is 3.56. The summed E-state index contributed by atoms with van der Waals surface area (Å²) in [4.78, 5) is 10.2. The Morgan fingerprint density at radius 3 is 2.69 bits per heavy atom. The molecule has 0 radical (unpaired) electrons. The first-order valence-electron chi connectivity index (χ1n) is 5.67. The predicted molar refractivity (Wildman–Crippen MR) is 64.5 cm³/mol. The molecule has 16 heavy (non-hydrogen) atoms. The second-order valence-electron chi connectivity index (χ2n) is 4.40. The summed E-state index contributed by atoms with van der Waals surface area (Å²) >= 11 is 1.17. The maximum atomic E-state index is 10.6. The lowest BCUT2D eigenvalue weighted by molar-refractivity contribution is -0.380. The minimum Gasteiger partial charge on any atom is -0.324 e. The van der Waals surface area contributed by atoms with Crippen LogP contribution in [-0.2, 0) is 0 Å². The van der Waals surface area contributed by atoms with Gasteiger partial charge in [0.2, 0.25) is 0 Å². The van der Waals surface area contributed by atoms with Crippen molar-refractivity contribution >= 4 is 16.3 Å². The Morgan fingerprint density at radius 2 is 2.12 bits per heavy atom. The van der Waals surface area contributed by atoms with E-state index in [2.05, 4.69) is 0 Å². The molecule has 0 spiro atoms. The third-order valence-electron chi connectivity index (χ3n) is 3.33. The molecule has 2 rings (SSSR count). The summed E-state index contributed by atoms with van der Waals surface area (Å²) < 4.78 is 0. The summed E-state index contributed by atoms with van der Waals surface area (Å²) in [5.74, 6) is 0.503. The molecule has 88 valence electrons. The molecule has 1 aliphatic carbocycles. The zero-order chi connectivity index (χ0) is 11.5. The molecule has 1 heterocycles. The van der Waals surface area contributed by atoms with Crippen molar-refractivity contribution < 1.29 is 4.92 Å². The Bertz CT molecular complexity index is 372. The first-order valence-corrected chi connectivity index (χ1v) is 6.55. The molecule has 1 fully saturated rings. The van der Waals surface area contributed by atoms with Crippen molar-refractivity contribution in [1.82, 2.24) is 0 Å². The van der Waals surface area contributed by atoms with Crippen molar-refractivity contribution in [3.05, 3.63) is 27.1 Å². The summed E-state index contributed by atoms with van der Waals surface area (Å²) in [6, 6.07) is 1.61. The Hall–Kier alpha value is -0.940. The number of nitro groups is 1. The highest BCUT2D eigenvalue weighted by atomic mass is 32.1. The summed E-state index contributed by atoms with van der Waals surface area (Å²) in [6.45, 7) is 0. The van der Waals surface area contributed by atoms with Crippen LogP contribution in [0.5, 0.6) is 0 Å². The lowest BCUT2D eigenvalue weighted by Crippen LogP contribution is -2.22. The highest BCUT2D eigenvalue weighted by molar-refractivity contribution is 7.13. The van der Waals surface area contributed by atoms with E-state index in [1.54, 1.807) is 6.07 Å². The predicted octanol–water partition coefficient (Wildman–Crippen LogP) is 3.24. The second-order valence-corrected chi connectivity index (χ2v) is 5.29. The van der Waals surface area contributed by atoms with Gasteiger partial charge in [-0.25, -0.2) is 0 Å². The highest BCUT2D eigenvalue weighted by Gasteiger charge is 2.24. The van der Waals surface area contributed by atoms with Crippen molar-refractivity contribution in [2.45, 2.75) is 38.1 Å². The summed E-state index contributed by atoms with van der Waals surface area (Å²) in [5.41, 5.74) is 7.10. The lowest BCUT2D eigenvalue weighted by Gasteiger charge is -2.26. The van der Waals surface area contributed by atoms with Crippen LogP contribution in [0.2, 0.25) is 0 Å². The van der Waals surface area contributed by atoms with E-state index in [9.17, 15) is 10.1 Å². The Morgan fingerprint density at radius 1 is 1.44 bits per heavy atom. The molecule has 1 aromatic heterocycles. The number of hydrogen-bond donors (Lipinski definition) is 1. The molecule has 1 aliphatic rings. The molecule has 5 heteroatoms. The molecule has 0 aliphatic heterocycles. The monoisotopic (exact) mass is 240 g/mol. The number of rotatable bonds is 3. The van der Waals surface area contributed by atoms with Crippen molar-refractivity contribution in [2.24, 2.45) is 11.7 Å². The van der Waals surface area contributed by atoms with Gasteiger partial charge in [0, 0.05) is 17.5 Å². The SMILES string of the molecule is N[C@H](c1csc([N+](=O)[O-])c1)C1CCCCC1. The van der Waals surface area contributed by atoms with Gasteiger partial charge in [-0.2, -0.15) is 0 Å². The minimum absolute atomic E-state index is 0.0229. The molecule has 0 saturated heterocycles. The minimum atomic E-state index is -0.345. The molecular weight excluding hydrogens is 224 g/mol. The van der Waals surface area contributed by atoms with Crippen molar-refractivity contribution in [3.8, 4) is 0 Å². The molecular formula is C11H16N2O2S. The average molecular weight is 240 g/mol. The van der Waals surface area contributed by atoms with E-state index in [0.717, 1.165) is 18.4 Å². The first kappa shape index (κ1) is 11.5.